The van der Waals surface area contributed by atoms with Crippen molar-refractivity contribution in [1.29, 1.82) is 0 Å². The first-order valence-corrected chi connectivity index (χ1v) is 8.66. The number of nitrogens with one attached hydrogen (secondary N) is 1. The number of nitrogens with zero attached hydrogens (tertiary/aromatic N) is 1. The molecule has 2 nitrogen and oxygen atoms in total. The van der Waals surface area contributed by atoms with Gasteiger partial charge in [0.05, 0.1) is 0 Å². The third kappa shape index (κ3) is 4.84. The lowest BCUT2D eigenvalue weighted by Crippen LogP contribution is -2.26. The predicted molar refractivity (Wildman–Crippen MR) is 101 cm³/mol. The van der Waals surface area contributed by atoms with E-state index in [2.05, 4.69) is 93.4 Å². The molecule has 0 aliphatic carbocycles. The van der Waals surface area contributed by atoms with Crippen LogP contribution in [0.1, 0.15) is 50.4 Å². The van der Waals surface area contributed by atoms with Gasteiger partial charge in [0, 0.05) is 24.3 Å². The Morgan fingerprint density at radius 3 is 2.30 bits per heavy atom. The van der Waals surface area contributed by atoms with Gasteiger partial charge in [-0.3, -0.25) is 4.90 Å². The quantitative estimate of drug-likeness (QED) is 0.736. The Kier molecular flexibility index (Phi) is 6.23. The van der Waals surface area contributed by atoms with Crippen molar-refractivity contribution in [2.45, 2.75) is 53.2 Å². The largest absolute Gasteiger partial charge is 0.383 e. The van der Waals surface area contributed by atoms with Crippen LogP contribution in [0.25, 0.3) is 0 Å². The zero-order valence-electron chi connectivity index (χ0n) is 15.1. The van der Waals surface area contributed by atoms with Gasteiger partial charge >= 0.3 is 0 Å². The Morgan fingerprint density at radius 1 is 1.00 bits per heavy atom. The van der Waals surface area contributed by atoms with E-state index in [-0.39, 0.29) is 0 Å². The van der Waals surface area contributed by atoms with Gasteiger partial charge in [0.25, 0.3) is 0 Å². The molecule has 0 heterocycles. The summed E-state index contributed by atoms with van der Waals surface area (Å²) in [6.45, 7) is 13.1. The lowest BCUT2D eigenvalue weighted by Gasteiger charge is -2.29. The van der Waals surface area contributed by atoms with E-state index in [1.807, 2.05) is 0 Å². The summed E-state index contributed by atoms with van der Waals surface area (Å²) in [4.78, 5) is 2.51. The third-order valence-electron chi connectivity index (χ3n) is 4.37. The van der Waals surface area contributed by atoms with E-state index in [9.17, 15) is 0 Å². The van der Waals surface area contributed by atoms with Crippen LogP contribution in [-0.2, 0) is 6.54 Å². The van der Waals surface area contributed by atoms with Crippen LogP contribution in [-0.4, -0.2) is 17.5 Å². The molecule has 0 bridgehead atoms. The number of benzene rings is 2. The normalized spacial score (nSPS) is 12.7. The van der Waals surface area contributed by atoms with E-state index in [1.165, 1.54) is 22.4 Å². The summed E-state index contributed by atoms with van der Waals surface area (Å²) in [5.74, 6) is 0. The zero-order valence-corrected chi connectivity index (χ0v) is 15.1. The van der Waals surface area contributed by atoms with Crippen molar-refractivity contribution >= 4 is 5.69 Å². The molecule has 0 saturated heterocycles. The maximum absolute atomic E-state index is 3.56. The first kappa shape index (κ1) is 17.6. The highest BCUT2D eigenvalue weighted by Gasteiger charge is 2.15. The average molecular weight is 310 g/mol. The Bertz CT molecular complexity index is 604. The van der Waals surface area contributed by atoms with E-state index in [4.69, 9.17) is 0 Å². The van der Waals surface area contributed by atoms with Crippen LogP contribution in [0, 0.1) is 6.92 Å². The highest BCUT2D eigenvalue weighted by atomic mass is 15.1. The van der Waals surface area contributed by atoms with Crippen LogP contribution in [0.3, 0.4) is 0 Å². The van der Waals surface area contributed by atoms with Gasteiger partial charge in [-0.1, -0.05) is 49.4 Å². The van der Waals surface area contributed by atoms with Crippen molar-refractivity contribution in [1.82, 2.24) is 4.90 Å². The van der Waals surface area contributed by atoms with Crippen LogP contribution in [0.15, 0.2) is 48.5 Å². The van der Waals surface area contributed by atoms with Crippen molar-refractivity contribution in [3.8, 4) is 0 Å². The summed E-state index contributed by atoms with van der Waals surface area (Å²) < 4.78 is 0. The standard InChI is InChI=1S/C21H30N2/c1-6-23(15-19-10-8-7-9-11-19)18(5)20-13-12-17(4)21(14-20)22-16(2)3/h7-14,16,18,22H,6,15H2,1-5H3/t18-/m0/s1. The SMILES string of the molecule is CCN(Cc1ccccc1)[C@@H](C)c1ccc(C)c(NC(C)C)c1. The smallest absolute Gasteiger partial charge is 0.0375 e. The molecule has 2 rings (SSSR count). The molecule has 2 heteroatoms. The predicted octanol–water partition coefficient (Wildman–Crippen LogP) is 5.40. The van der Waals surface area contributed by atoms with E-state index < -0.39 is 0 Å². The molecule has 2 aromatic carbocycles. The maximum Gasteiger partial charge on any atom is 0.0375 e. The molecule has 0 radical (unpaired) electrons. The summed E-state index contributed by atoms with van der Waals surface area (Å²) in [6.07, 6.45) is 0. The second-order valence-corrected chi connectivity index (χ2v) is 6.60. The summed E-state index contributed by atoms with van der Waals surface area (Å²) in [5, 5.41) is 3.56. The molecule has 0 aromatic heterocycles. The van der Waals surface area contributed by atoms with Gasteiger partial charge in [-0.25, -0.2) is 0 Å². The van der Waals surface area contributed by atoms with Crippen LogP contribution >= 0.6 is 0 Å². The summed E-state index contributed by atoms with van der Waals surface area (Å²) in [6, 6.07) is 18.4. The first-order chi connectivity index (χ1) is 11.0. The van der Waals surface area contributed by atoms with Crippen molar-refractivity contribution in [2.24, 2.45) is 0 Å². The molecule has 23 heavy (non-hydrogen) atoms. The Labute approximate surface area is 141 Å². The molecule has 0 amide bonds. The molecule has 0 fully saturated rings. The molecule has 0 aliphatic heterocycles. The van der Waals surface area contributed by atoms with Gasteiger partial charge < -0.3 is 5.32 Å². The summed E-state index contributed by atoms with van der Waals surface area (Å²) >= 11 is 0. The van der Waals surface area contributed by atoms with Crippen LogP contribution in [0.2, 0.25) is 0 Å². The lowest BCUT2D eigenvalue weighted by molar-refractivity contribution is 0.213. The molecule has 2 aromatic rings. The molecule has 1 atom stereocenters. The number of hydrogen-bond donors (Lipinski definition) is 1. The second-order valence-electron chi connectivity index (χ2n) is 6.60. The topological polar surface area (TPSA) is 15.3 Å². The van der Waals surface area contributed by atoms with Crippen molar-refractivity contribution < 1.29 is 0 Å². The molecular formula is C21H30N2. The number of hydrogen-bond acceptors (Lipinski definition) is 2. The minimum atomic E-state index is 0.397. The molecule has 1 N–H and O–H groups in total. The van der Waals surface area contributed by atoms with Gasteiger partial charge in [0.15, 0.2) is 0 Å². The number of rotatable bonds is 7. The van der Waals surface area contributed by atoms with Gasteiger partial charge in [0.2, 0.25) is 0 Å². The van der Waals surface area contributed by atoms with Gasteiger partial charge in [-0.2, -0.15) is 0 Å². The highest BCUT2D eigenvalue weighted by Crippen LogP contribution is 2.27. The Morgan fingerprint density at radius 2 is 1.70 bits per heavy atom. The van der Waals surface area contributed by atoms with Crippen LogP contribution < -0.4 is 5.32 Å². The summed E-state index contributed by atoms with van der Waals surface area (Å²) in [5.41, 5.74) is 5.30. The number of anilines is 1. The minimum Gasteiger partial charge on any atom is -0.383 e. The molecular weight excluding hydrogens is 280 g/mol. The first-order valence-electron chi connectivity index (χ1n) is 8.66. The van der Waals surface area contributed by atoms with Gasteiger partial charge in [-0.05, 0) is 57.0 Å². The van der Waals surface area contributed by atoms with Crippen LogP contribution in [0.4, 0.5) is 5.69 Å². The highest BCUT2D eigenvalue weighted by molar-refractivity contribution is 5.53. The van der Waals surface area contributed by atoms with Crippen LogP contribution in [0.5, 0.6) is 0 Å². The number of aryl methyl sites for hydroxylation is 1. The fourth-order valence-corrected chi connectivity index (χ4v) is 2.92. The minimum absolute atomic E-state index is 0.397. The monoisotopic (exact) mass is 310 g/mol. The van der Waals surface area contributed by atoms with E-state index >= 15 is 0 Å². The van der Waals surface area contributed by atoms with Crippen molar-refractivity contribution in [2.75, 3.05) is 11.9 Å². The Balaban J connectivity index is 2.18. The molecule has 0 saturated carbocycles. The van der Waals surface area contributed by atoms with Crippen molar-refractivity contribution in [3.05, 3.63) is 65.2 Å². The average Bonchev–Trinajstić information content (AvgIpc) is 2.54. The second kappa shape index (κ2) is 8.16. The van der Waals surface area contributed by atoms with E-state index in [0.717, 1.165) is 13.1 Å². The zero-order chi connectivity index (χ0) is 16.8. The van der Waals surface area contributed by atoms with E-state index in [1.54, 1.807) is 0 Å². The molecule has 124 valence electrons. The molecule has 0 unspecified atom stereocenters. The summed E-state index contributed by atoms with van der Waals surface area (Å²) in [7, 11) is 0. The van der Waals surface area contributed by atoms with Gasteiger partial charge in [0.1, 0.15) is 0 Å². The molecule has 0 spiro atoms. The third-order valence-corrected chi connectivity index (χ3v) is 4.37. The lowest BCUT2D eigenvalue weighted by atomic mass is 10.0. The maximum atomic E-state index is 3.56. The van der Waals surface area contributed by atoms with Gasteiger partial charge in [-0.15, -0.1) is 0 Å². The van der Waals surface area contributed by atoms with Crippen molar-refractivity contribution in [3.63, 3.8) is 0 Å². The fraction of sp³-hybridized carbons (Fsp3) is 0.429. The van der Waals surface area contributed by atoms with E-state index in [0.29, 0.717) is 12.1 Å². The Hall–Kier alpha value is -1.80. The fourth-order valence-electron chi connectivity index (χ4n) is 2.92. The molecule has 0 aliphatic rings.